The van der Waals surface area contributed by atoms with Crippen LogP contribution >= 0.6 is 15.9 Å². The molecule has 1 aliphatic rings. The van der Waals surface area contributed by atoms with E-state index >= 15 is 0 Å². The molecule has 1 N–H and O–H groups in total. The van der Waals surface area contributed by atoms with Crippen molar-refractivity contribution < 1.29 is 4.79 Å². The minimum Gasteiger partial charge on any atom is -0.347 e. The maximum absolute atomic E-state index is 12.8. The number of benzene rings is 2. The van der Waals surface area contributed by atoms with Crippen LogP contribution in [0.25, 0.3) is 17.1 Å². The Morgan fingerprint density at radius 1 is 1.07 bits per heavy atom. The fourth-order valence-corrected chi connectivity index (χ4v) is 3.92. The number of carbonyl (C=O) groups excluding carboxylic acids is 1. The summed E-state index contributed by atoms with van der Waals surface area (Å²) in [4.78, 5) is 17.4. The van der Waals surface area contributed by atoms with Crippen LogP contribution in [-0.2, 0) is 0 Å². The lowest BCUT2D eigenvalue weighted by atomic mass is 9.95. The van der Waals surface area contributed by atoms with Gasteiger partial charge in [0, 0.05) is 16.1 Å². The lowest BCUT2D eigenvalue weighted by Gasteiger charge is -2.21. The Kier molecular flexibility index (Phi) is 5.57. The Labute approximate surface area is 173 Å². The molecule has 1 heterocycles. The van der Waals surface area contributed by atoms with E-state index in [9.17, 15) is 4.79 Å². The summed E-state index contributed by atoms with van der Waals surface area (Å²) in [6.45, 7) is 2.03. The summed E-state index contributed by atoms with van der Waals surface area (Å²) in [5, 5.41) is 7.70. The van der Waals surface area contributed by atoms with Crippen LogP contribution < -0.4 is 5.32 Å². The van der Waals surface area contributed by atoms with E-state index in [1.165, 1.54) is 19.3 Å². The normalized spacial score (nSPS) is 14.8. The first-order valence-electron chi connectivity index (χ1n) is 9.72. The highest BCUT2D eigenvalue weighted by atomic mass is 79.9. The van der Waals surface area contributed by atoms with Crippen molar-refractivity contribution in [1.82, 2.24) is 20.1 Å². The molecule has 0 bridgehead atoms. The summed E-state index contributed by atoms with van der Waals surface area (Å²) in [7, 11) is 0. The Morgan fingerprint density at radius 3 is 2.50 bits per heavy atom. The fourth-order valence-electron chi connectivity index (χ4n) is 3.66. The number of amides is 1. The molecule has 0 spiro atoms. The van der Waals surface area contributed by atoms with E-state index in [2.05, 4.69) is 31.3 Å². The Balaban J connectivity index is 1.72. The molecule has 0 unspecified atom stereocenters. The predicted molar refractivity (Wildman–Crippen MR) is 114 cm³/mol. The molecule has 0 aliphatic heterocycles. The Hall–Kier alpha value is -2.47. The van der Waals surface area contributed by atoms with E-state index in [0.717, 1.165) is 34.1 Å². The van der Waals surface area contributed by atoms with Gasteiger partial charge in [0.15, 0.2) is 5.82 Å². The van der Waals surface area contributed by atoms with Crippen molar-refractivity contribution in [2.24, 2.45) is 0 Å². The summed E-state index contributed by atoms with van der Waals surface area (Å²) in [5.41, 5.74) is 2.91. The molecule has 1 aromatic heterocycles. The molecule has 5 nitrogen and oxygen atoms in total. The van der Waals surface area contributed by atoms with Crippen molar-refractivity contribution in [3.63, 3.8) is 0 Å². The highest BCUT2D eigenvalue weighted by molar-refractivity contribution is 9.10. The summed E-state index contributed by atoms with van der Waals surface area (Å²) in [5.74, 6) is 0.680. The number of para-hydroxylation sites is 1. The van der Waals surface area contributed by atoms with E-state index in [-0.39, 0.29) is 17.8 Å². The third-order valence-corrected chi connectivity index (χ3v) is 5.73. The van der Waals surface area contributed by atoms with Gasteiger partial charge in [-0.3, -0.25) is 4.79 Å². The zero-order valence-electron chi connectivity index (χ0n) is 15.9. The van der Waals surface area contributed by atoms with Gasteiger partial charge >= 0.3 is 0 Å². The first kappa shape index (κ1) is 18.9. The van der Waals surface area contributed by atoms with Crippen LogP contribution in [0.1, 0.15) is 48.3 Å². The summed E-state index contributed by atoms with van der Waals surface area (Å²) in [6, 6.07) is 16.1. The third-order valence-electron chi connectivity index (χ3n) is 5.20. The monoisotopic (exact) mass is 438 g/mol. The number of nitrogens with zero attached hydrogens (tertiary/aromatic N) is 3. The molecule has 6 heteroatoms. The van der Waals surface area contributed by atoms with Crippen molar-refractivity contribution in [3.05, 3.63) is 64.4 Å². The molecule has 1 aliphatic carbocycles. The van der Waals surface area contributed by atoms with E-state index < -0.39 is 0 Å². The maximum atomic E-state index is 12.8. The quantitative estimate of drug-likeness (QED) is 0.618. The van der Waals surface area contributed by atoms with Crippen molar-refractivity contribution in [2.45, 2.75) is 45.1 Å². The van der Waals surface area contributed by atoms with Crippen molar-refractivity contribution >= 4 is 21.8 Å². The molecule has 4 rings (SSSR count). The molecule has 28 heavy (non-hydrogen) atoms. The molecule has 2 aromatic carbocycles. The molecule has 3 aromatic rings. The average Bonchev–Trinajstić information content (AvgIpc) is 3.15. The molecular formula is C22H23BrN4O. The Morgan fingerprint density at radius 2 is 1.79 bits per heavy atom. The topological polar surface area (TPSA) is 59.8 Å². The zero-order chi connectivity index (χ0) is 19.5. The van der Waals surface area contributed by atoms with Gasteiger partial charge in [0.25, 0.3) is 5.91 Å². The van der Waals surface area contributed by atoms with Gasteiger partial charge in [0.1, 0.15) is 0 Å². The second kappa shape index (κ2) is 8.27. The largest absolute Gasteiger partial charge is 0.347 e. The second-order valence-electron chi connectivity index (χ2n) is 7.27. The number of nitrogens with one attached hydrogen (secondary N) is 1. The molecule has 144 valence electrons. The van der Waals surface area contributed by atoms with Crippen molar-refractivity contribution in [3.8, 4) is 17.1 Å². The van der Waals surface area contributed by atoms with Crippen LogP contribution in [0, 0.1) is 6.92 Å². The van der Waals surface area contributed by atoms with E-state index in [1.807, 2.05) is 55.5 Å². The minimum absolute atomic E-state index is 0.197. The second-order valence-corrected chi connectivity index (χ2v) is 8.19. The van der Waals surface area contributed by atoms with Crippen molar-refractivity contribution in [2.75, 3.05) is 0 Å². The van der Waals surface area contributed by atoms with Crippen LogP contribution in [0.3, 0.4) is 0 Å². The van der Waals surface area contributed by atoms with E-state index in [1.54, 1.807) is 4.68 Å². The van der Waals surface area contributed by atoms with Crippen LogP contribution in [-0.4, -0.2) is 26.7 Å². The number of aromatic nitrogens is 3. The minimum atomic E-state index is -0.197. The standard InChI is InChI=1S/C22H23BrN4O/c1-15-7-5-6-10-19(15)27-21(16-11-13-17(23)14-12-16)25-20(26-27)22(28)24-18-8-3-2-4-9-18/h5-7,10-14,18H,2-4,8-9H2,1H3,(H,24,28). The fraction of sp³-hybridized carbons (Fsp3) is 0.318. The smallest absolute Gasteiger partial charge is 0.291 e. The number of rotatable bonds is 4. The highest BCUT2D eigenvalue weighted by Gasteiger charge is 2.22. The summed E-state index contributed by atoms with van der Waals surface area (Å²) < 4.78 is 2.77. The molecular weight excluding hydrogens is 416 g/mol. The van der Waals surface area contributed by atoms with E-state index in [4.69, 9.17) is 0 Å². The van der Waals surface area contributed by atoms with Gasteiger partial charge in [0.2, 0.25) is 5.82 Å². The van der Waals surface area contributed by atoms with Gasteiger partial charge in [0.05, 0.1) is 5.69 Å². The number of hydrogen-bond acceptors (Lipinski definition) is 3. The number of aryl methyl sites for hydroxylation is 1. The van der Waals surface area contributed by atoms with Gasteiger partial charge in [-0.05, 0) is 43.5 Å². The Bertz CT molecular complexity index is 974. The first-order valence-corrected chi connectivity index (χ1v) is 10.5. The molecule has 1 amide bonds. The van der Waals surface area contributed by atoms with Crippen molar-refractivity contribution in [1.29, 1.82) is 0 Å². The maximum Gasteiger partial charge on any atom is 0.291 e. The summed E-state index contributed by atoms with van der Waals surface area (Å²) >= 11 is 3.47. The predicted octanol–water partition coefficient (Wildman–Crippen LogP) is 5.07. The van der Waals surface area contributed by atoms with Gasteiger partial charge < -0.3 is 5.32 Å². The van der Waals surface area contributed by atoms with E-state index in [0.29, 0.717) is 5.82 Å². The van der Waals surface area contributed by atoms with Crippen LogP contribution in [0.2, 0.25) is 0 Å². The molecule has 1 saturated carbocycles. The molecule has 0 radical (unpaired) electrons. The number of hydrogen-bond donors (Lipinski definition) is 1. The lowest BCUT2D eigenvalue weighted by molar-refractivity contribution is 0.0917. The number of halogens is 1. The molecule has 0 saturated heterocycles. The first-order chi connectivity index (χ1) is 13.6. The zero-order valence-corrected chi connectivity index (χ0v) is 17.4. The van der Waals surface area contributed by atoms with Gasteiger partial charge in [-0.15, -0.1) is 5.10 Å². The lowest BCUT2D eigenvalue weighted by Crippen LogP contribution is -2.36. The van der Waals surface area contributed by atoms with Gasteiger partial charge in [-0.1, -0.05) is 65.5 Å². The average molecular weight is 439 g/mol. The third kappa shape index (κ3) is 4.02. The van der Waals surface area contributed by atoms with Crippen LogP contribution in [0.5, 0.6) is 0 Å². The van der Waals surface area contributed by atoms with Crippen LogP contribution in [0.15, 0.2) is 53.0 Å². The van der Waals surface area contributed by atoms with Gasteiger partial charge in [-0.25, -0.2) is 9.67 Å². The number of carbonyl (C=O) groups is 1. The van der Waals surface area contributed by atoms with Crippen LogP contribution in [0.4, 0.5) is 0 Å². The highest BCUT2D eigenvalue weighted by Crippen LogP contribution is 2.25. The molecule has 1 fully saturated rings. The van der Waals surface area contributed by atoms with Gasteiger partial charge in [-0.2, -0.15) is 0 Å². The SMILES string of the molecule is Cc1ccccc1-n1nc(C(=O)NC2CCCCC2)nc1-c1ccc(Br)cc1. The summed E-state index contributed by atoms with van der Waals surface area (Å²) in [6.07, 6.45) is 5.65. The molecule has 0 atom stereocenters.